The average molecular weight is 372 g/mol. The van der Waals surface area contributed by atoms with Crippen molar-refractivity contribution in [3.8, 4) is 0 Å². The van der Waals surface area contributed by atoms with Crippen molar-refractivity contribution in [2.45, 2.75) is 20.5 Å². The number of sulfone groups is 2. The van der Waals surface area contributed by atoms with Crippen LogP contribution < -0.4 is 0 Å². The molecule has 1 aliphatic heterocycles. The molecule has 0 saturated carbocycles. The van der Waals surface area contributed by atoms with Crippen molar-refractivity contribution in [3.05, 3.63) is 24.0 Å². The Balaban J connectivity index is 0. The van der Waals surface area contributed by atoms with E-state index in [-0.39, 0.29) is 38.8 Å². The first-order valence-corrected chi connectivity index (χ1v) is 9.70. The monoisotopic (exact) mass is 372 g/mol. The predicted octanol–water partition coefficient (Wildman–Crippen LogP) is 1.30. The molecule has 0 radical (unpaired) electrons. The predicted molar refractivity (Wildman–Crippen MR) is 87.4 cm³/mol. The molecule has 10 heteroatoms. The third kappa shape index (κ3) is 11.8. The quantitative estimate of drug-likeness (QED) is 0.463. The van der Waals surface area contributed by atoms with Gasteiger partial charge in [0.2, 0.25) is 0 Å². The minimum atomic E-state index is -3.23. The van der Waals surface area contributed by atoms with Crippen LogP contribution in [0.15, 0.2) is 24.0 Å². The highest BCUT2D eigenvalue weighted by Crippen LogP contribution is 2.06. The molecule has 0 aromatic rings. The Kier molecular flexibility index (Phi) is 11.6. The van der Waals surface area contributed by atoms with Crippen LogP contribution in [0.5, 0.6) is 0 Å². The molecular weight excluding hydrogens is 348 g/mol. The molecule has 0 bridgehead atoms. The molecule has 1 heterocycles. The molecule has 1 rings (SSSR count). The Labute approximate surface area is 137 Å². The molecule has 8 nitrogen and oxygen atoms in total. The summed E-state index contributed by atoms with van der Waals surface area (Å²) >= 11 is 0. The first kappa shape index (κ1) is 23.9. The maximum absolute atomic E-state index is 10.9. The van der Waals surface area contributed by atoms with Crippen LogP contribution in [0.1, 0.15) is 14.4 Å². The molecule has 1 saturated heterocycles. The Morgan fingerprint density at radius 3 is 2.13 bits per heavy atom. The molecule has 1 aliphatic rings. The van der Waals surface area contributed by atoms with Crippen LogP contribution in [0.3, 0.4) is 0 Å². The molecule has 136 valence electrons. The molecule has 1 unspecified atom stereocenters. The minimum absolute atomic E-state index is 0. The van der Waals surface area contributed by atoms with E-state index in [1.54, 1.807) is 6.92 Å². The lowest BCUT2D eigenvalue weighted by atomic mass is 10.4. The zero-order chi connectivity index (χ0) is 17.2. The fourth-order valence-corrected chi connectivity index (χ4v) is 1.79. The third-order valence-corrected chi connectivity index (χ3v) is 4.93. The number of carbonyl (C=O) groups excluding carboxylic acids is 1. The summed E-state index contributed by atoms with van der Waals surface area (Å²) in [5, 5.41) is 1.85. The number of cyclic esters (lactones) is 2. The Hall–Kier alpha value is -1.39. The van der Waals surface area contributed by atoms with Gasteiger partial charge >= 0.3 is 6.16 Å². The molecule has 23 heavy (non-hydrogen) atoms. The van der Waals surface area contributed by atoms with Gasteiger partial charge < -0.3 is 14.2 Å². The van der Waals surface area contributed by atoms with Crippen LogP contribution in [0.4, 0.5) is 4.79 Å². The second-order valence-electron chi connectivity index (χ2n) is 4.03. The normalized spacial score (nSPS) is 16.9. The molecule has 0 aromatic carbocycles. The molecule has 1 fully saturated rings. The first-order chi connectivity index (χ1) is 10.2. The van der Waals surface area contributed by atoms with Crippen molar-refractivity contribution in [2.75, 3.05) is 31.3 Å². The fraction of sp³-hybridized carbons (Fsp3) is 0.615. The lowest BCUT2D eigenvalue weighted by Gasteiger charge is -2.06. The largest absolute Gasteiger partial charge is 0.508 e. The van der Waals surface area contributed by atoms with Crippen molar-refractivity contribution >= 4 is 25.8 Å². The van der Waals surface area contributed by atoms with Crippen molar-refractivity contribution in [1.29, 1.82) is 0 Å². The van der Waals surface area contributed by atoms with Gasteiger partial charge in [0, 0.05) is 10.8 Å². The van der Waals surface area contributed by atoms with Gasteiger partial charge in [0.15, 0.2) is 25.8 Å². The molecule has 0 aromatic heterocycles. The second-order valence-corrected chi connectivity index (χ2v) is 8.33. The van der Waals surface area contributed by atoms with Crippen LogP contribution in [-0.4, -0.2) is 60.4 Å². The van der Waals surface area contributed by atoms with Gasteiger partial charge in [0.05, 0.1) is 24.7 Å². The lowest BCUT2D eigenvalue weighted by molar-refractivity contribution is 0.0523. The molecule has 0 amide bonds. The van der Waals surface area contributed by atoms with E-state index in [0.29, 0.717) is 0 Å². The van der Waals surface area contributed by atoms with E-state index in [0.717, 1.165) is 10.8 Å². The van der Waals surface area contributed by atoms with E-state index in [1.165, 1.54) is 0 Å². The third-order valence-electron chi connectivity index (χ3n) is 2.38. The number of ether oxygens (including phenoxy) is 3. The topological polar surface area (TPSA) is 113 Å². The highest BCUT2D eigenvalue weighted by atomic mass is 32.2. The molecule has 0 spiro atoms. The fourth-order valence-electron chi connectivity index (χ4n) is 1.04. The Morgan fingerprint density at radius 2 is 1.78 bits per heavy atom. The van der Waals surface area contributed by atoms with Crippen LogP contribution in [-0.2, 0) is 33.9 Å². The Bertz CT molecular complexity index is 577. The molecule has 0 N–H and O–H groups in total. The molecule has 1 atom stereocenters. The summed E-state index contributed by atoms with van der Waals surface area (Å²) in [5.74, 6) is 0.0223. The summed E-state index contributed by atoms with van der Waals surface area (Å²) in [7, 11) is -6.12. The maximum atomic E-state index is 10.9. The van der Waals surface area contributed by atoms with Crippen LogP contribution in [0.2, 0.25) is 0 Å². The van der Waals surface area contributed by atoms with E-state index in [9.17, 15) is 21.6 Å². The zero-order valence-corrected chi connectivity index (χ0v) is 13.9. The van der Waals surface area contributed by atoms with Crippen molar-refractivity contribution in [3.63, 3.8) is 0 Å². The van der Waals surface area contributed by atoms with Crippen LogP contribution in [0, 0.1) is 0 Å². The molecular formula is C13H24O8S2. The van der Waals surface area contributed by atoms with Gasteiger partial charge in [-0.1, -0.05) is 27.5 Å². The number of hydrogen-bond donors (Lipinski definition) is 0. The van der Waals surface area contributed by atoms with Crippen LogP contribution in [0.25, 0.3) is 0 Å². The van der Waals surface area contributed by atoms with E-state index in [1.807, 2.05) is 0 Å². The van der Waals surface area contributed by atoms with E-state index < -0.39 is 31.9 Å². The summed E-state index contributed by atoms with van der Waals surface area (Å²) in [5.41, 5.74) is 0. The molecule has 0 aliphatic carbocycles. The van der Waals surface area contributed by atoms with Gasteiger partial charge in [-0.2, -0.15) is 0 Å². The van der Waals surface area contributed by atoms with E-state index in [4.69, 9.17) is 4.74 Å². The van der Waals surface area contributed by atoms with E-state index >= 15 is 0 Å². The van der Waals surface area contributed by atoms with Gasteiger partial charge in [-0.15, -0.1) is 0 Å². The average Bonchev–Trinajstić information content (AvgIpc) is 2.90. The highest BCUT2D eigenvalue weighted by Gasteiger charge is 2.24. The maximum Gasteiger partial charge on any atom is 0.508 e. The van der Waals surface area contributed by atoms with Crippen molar-refractivity contribution in [1.82, 2.24) is 0 Å². The number of hydrogen-bond acceptors (Lipinski definition) is 8. The summed E-state index contributed by atoms with van der Waals surface area (Å²) in [6.07, 6.45) is -1.16. The lowest BCUT2D eigenvalue weighted by Crippen LogP contribution is -2.20. The number of rotatable bonds is 8. The van der Waals surface area contributed by atoms with Crippen molar-refractivity contribution in [2.24, 2.45) is 0 Å². The van der Waals surface area contributed by atoms with Gasteiger partial charge in [-0.05, 0) is 0 Å². The van der Waals surface area contributed by atoms with Gasteiger partial charge in [0.1, 0.15) is 6.61 Å². The first-order valence-electron chi connectivity index (χ1n) is 6.27. The summed E-state index contributed by atoms with van der Waals surface area (Å²) < 4.78 is 56.6. The van der Waals surface area contributed by atoms with E-state index in [2.05, 4.69) is 22.6 Å². The van der Waals surface area contributed by atoms with Gasteiger partial charge in [0.25, 0.3) is 0 Å². The standard InChI is InChI=1S/C8H12O6S.C4H8O2S.CH4/c1-2-15(10,11)4-3-12-5-7-6-13-8(9)14-7;1-3-7(5,6)4-2;/h2,7H,1,3-6H2;3H,1,4H2,2H3;1H4. The van der Waals surface area contributed by atoms with Crippen LogP contribution >= 0.6 is 0 Å². The van der Waals surface area contributed by atoms with Gasteiger partial charge in [-0.25, -0.2) is 21.6 Å². The minimum Gasteiger partial charge on any atom is -0.430 e. The summed E-state index contributed by atoms with van der Waals surface area (Å²) in [6.45, 7) is 8.19. The van der Waals surface area contributed by atoms with Gasteiger partial charge in [-0.3, -0.25) is 0 Å². The zero-order valence-electron chi connectivity index (χ0n) is 12.3. The SMILES string of the molecule is C.C=CS(=O)(=O)CC.C=CS(=O)(=O)CCOCC1COC(=O)O1. The highest BCUT2D eigenvalue weighted by molar-refractivity contribution is 7.94. The second kappa shape index (κ2) is 11.2. The Morgan fingerprint density at radius 1 is 1.22 bits per heavy atom. The van der Waals surface area contributed by atoms with Crippen molar-refractivity contribution < 1.29 is 35.8 Å². The number of carbonyl (C=O) groups is 1. The summed E-state index contributed by atoms with van der Waals surface area (Å²) in [4.78, 5) is 10.5. The smallest absolute Gasteiger partial charge is 0.430 e. The summed E-state index contributed by atoms with van der Waals surface area (Å²) in [6, 6.07) is 0.